The molecule has 0 spiro atoms. The van der Waals surface area contributed by atoms with Crippen LogP contribution in [0.25, 0.3) is 0 Å². The van der Waals surface area contributed by atoms with Crippen molar-refractivity contribution in [3.8, 4) is 0 Å². The first-order valence-electron chi connectivity index (χ1n) is 8.84. The molecular formula is C19H29BrIN5S. The largest absolute Gasteiger partial charge is 0.357 e. The maximum Gasteiger partial charge on any atom is 0.191 e. The predicted molar refractivity (Wildman–Crippen MR) is 130 cm³/mol. The summed E-state index contributed by atoms with van der Waals surface area (Å²) in [6, 6.07) is 8.43. The highest BCUT2D eigenvalue weighted by molar-refractivity contribution is 14.0. The Morgan fingerprint density at radius 1 is 1.26 bits per heavy atom. The number of halogens is 2. The van der Waals surface area contributed by atoms with Crippen LogP contribution in [0, 0.1) is 13.8 Å². The molecule has 2 aromatic rings. The first kappa shape index (κ1) is 24.3. The molecule has 1 aromatic carbocycles. The highest BCUT2D eigenvalue weighted by Gasteiger charge is 2.10. The molecule has 8 heteroatoms. The lowest BCUT2D eigenvalue weighted by molar-refractivity contribution is 0.730. The van der Waals surface area contributed by atoms with Crippen molar-refractivity contribution in [2.75, 3.05) is 13.1 Å². The number of aryl methyl sites for hydroxylation is 2. The standard InChI is InChI=1S/C19H28BrN5S.HI/c1-6-21-19(23-12-18-14(3)24-25(5)15(18)4)22-11-13(2)26-17-9-7-16(20)8-10-17;/h7-10,13H,6,11-12H2,1-5H3,(H2,21,22,23);1H. The molecule has 0 saturated heterocycles. The molecule has 0 aliphatic rings. The number of aliphatic imine (C=N–C) groups is 1. The fraction of sp³-hybridized carbons (Fsp3) is 0.474. The Labute approximate surface area is 192 Å². The molecule has 1 aromatic heterocycles. The summed E-state index contributed by atoms with van der Waals surface area (Å²) < 4.78 is 3.02. The predicted octanol–water partition coefficient (Wildman–Crippen LogP) is 4.65. The Kier molecular flexibility index (Phi) is 10.8. The summed E-state index contributed by atoms with van der Waals surface area (Å²) in [6.07, 6.45) is 0. The molecule has 1 atom stereocenters. The lowest BCUT2D eigenvalue weighted by Gasteiger charge is -2.16. The molecule has 5 nitrogen and oxygen atoms in total. The Bertz CT molecular complexity index is 745. The Hall–Kier alpha value is -0.740. The Balaban J connectivity index is 0.00000364. The van der Waals surface area contributed by atoms with E-state index in [0.717, 1.165) is 29.2 Å². The quantitative estimate of drug-likeness (QED) is 0.222. The Morgan fingerprint density at radius 3 is 2.48 bits per heavy atom. The van der Waals surface area contributed by atoms with E-state index in [0.29, 0.717) is 11.8 Å². The lowest BCUT2D eigenvalue weighted by Crippen LogP contribution is -2.40. The van der Waals surface area contributed by atoms with Crippen molar-refractivity contribution < 1.29 is 0 Å². The number of guanidine groups is 1. The van der Waals surface area contributed by atoms with Crippen LogP contribution in [0.2, 0.25) is 0 Å². The molecule has 27 heavy (non-hydrogen) atoms. The third-order valence-electron chi connectivity index (χ3n) is 4.11. The maximum absolute atomic E-state index is 4.73. The first-order chi connectivity index (χ1) is 12.4. The molecule has 0 saturated carbocycles. The summed E-state index contributed by atoms with van der Waals surface area (Å²) in [6.45, 7) is 10.7. The van der Waals surface area contributed by atoms with E-state index in [4.69, 9.17) is 4.99 Å². The minimum atomic E-state index is 0. The van der Waals surface area contributed by atoms with Crippen LogP contribution in [0.4, 0.5) is 0 Å². The van der Waals surface area contributed by atoms with Crippen LogP contribution in [-0.2, 0) is 13.6 Å². The van der Waals surface area contributed by atoms with Crippen molar-refractivity contribution in [3.05, 3.63) is 45.7 Å². The molecule has 0 amide bonds. The van der Waals surface area contributed by atoms with Gasteiger partial charge in [0.2, 0.25) is 0 Å². The highest BCUT2D eigenvalue weighted by atomic mass is 127. The molecule has 0 fully saturated rings. The van der Waals surface area contributed by atoms with E-state index in [1.54, 1.807) is 0 Å². The average Bonchev–Trinajstić information content (AvgIpc) is 2.85. The van der Waals surface area contributed by atoms with Crippen molar-refractivity contribution in [1.82, 2.24) is 20.4 Å². The summed E-state index contributed by atoms with van der Waals surface area (Å²) in [4.78, 5) is 6.00. The van der Waals surface area contributed by atoms with Gasteiger partial charge >= 0.3 is 0 Å². The number of hydrogen-bond donors (Lipinski definition) is 2. The van der Waals surface area contributed by atoms with Gasteiger partial charge in [0.1, 0.15) is 0 Å². The number of hydrogen-bond acceptors (Lipinski definition) is 3. The second-order valence-corrected chi connectivity index (χ2v) is 8.66. The molecule has 0 aliphatic heterocycles. The van der Waals surface area contributed by atoms with Crippen LogP contribution in [0.1, 0.15) is 30.8 Å². The summed E-state index contributed by atoms with van der Waals surface area (Å²) in [5, 5.41) is 11.7. The van der Waals surface area contributed by atoms with E-state index < -0.39 is 0 Å². The monoisotopic (exact) mass is 565 g/mol. The van der Waals surface area contributed by atoms with E-state index in [9.17, 15) is 0 Å². The number of nitrogens with one attached hydrogen (secondary N) is 2. The van der Waals surface area contributed by atoms with E-state index >= 15 is 0 Å². The number of rotatable bonds is 7. The van der Waals surface area contributed by atoms with Crippen LogP contribution in [0.15, 0.2) is 38.6 Å². The summed E-state index contributed by atoms with van der Waals surface area (Å²) in [5.41, 5.74) is 3.41. The van der Waals surface area contributed by atoms with E-state index in [2.05, 4.69) is 76.7 Å². The molecule has 1 unspecified atom stereocenters. The van der Waals surface area contributed by atoms with Gasteiger partial charge in [0.15, 0.2) is 5.96 Å². The van der Waals surface area contributed by atoms with Crippen molar-refractivity contribution >= 4 is 57.6 Å². The fourth-order valence-corrected chi connectivity index (χ4v) is 3.76. The van der Waals surface area contributed by atoms with Crippen LogP contribution in [0.5, 0.6) is 0 Å². The minimum absolute atomic E-state index is 0. The minimum Gasteiger partial charge on any atom is -0.357 e. The SMILES string of the molecule is CCNC(=NCc1c(C)nn(C)c1C)NCC(C)Sc1ccc(Br)cc1.I. The molecule has 0 radical (unpaired) electrons. The van der Waals surface area contributed by atoms with Crippen LogP contribution in [0.3, 0.4) is 0 Å². The summed E-state index contributed by atoms with van der Waals surface area (Å²) in [5.74, 6) is 0.846. The first-order valence-corrected chi connectivity index (χ1v) is 10.5. The zero-order valence-corrected chi connectivity index (χ0v) is 21.3. The van der Waals surface area contributed by atoms with E-state index in [1.165, 1.54) is 16.2 Å². The van der Waals surface area contributed by atoms with Gasteiger partial charge < -0.3 is 10.6 Å². The summed E-state index contributed by atoms with van der Waals surface area (Å²) in [7, 11) is 1.97. The molecule has 2 N–H and O–H groups in total. The zero-order valence-electron chi connectivity index (χ0n) is 16.5. The normalized spacial score (nSPS) is 12.4. The van der Waals surface area contributed by atoms with Gasteiger partial charge in [0, 0.05) is 46.0 Å². The summed E-state index contributed by atoms with van der Waals surface area (Å²) >= 11 is 5.33. The van der Waals surface area contributed by atoms with Gasteiger partial charge in [-0.15, -0.1) is 35.7 Å². The number of benzene rings is 1. The topological polar surface area (TPSA) is 54.2 Å². The number of thioether (sulfide) groups is 1. The second-order valence-electron chi connectivity index (χ2n) is 6.23. The van der Waals surface area contributed by atoms with Crippen LogP contribution < -0.4 is 10.6 Å². The number of nitrogens with zero attached hydrogens (tertiary/aromatic N) is 3. The van der Waals surface area contributed by atoms with Gasteiger partial charge in [-0.3, -0.25) is 4.68 Å². The zero-order chi connectivity index (χ0) is 19.1. The van der Waals surface area contributed by atoms with Crippen molar-refractivity contribution in [1.29, 1.82) is 0 Å². The van der Waals surface area contributed by atoms with Gasteiger partial charge in [-0.1, -0.05) is 22.9 Å². The van der Waals surface area contributed by atoms with Gasteiger partial charge in [-0.2, -0.15) is 5.10 Å². The molecule has 0 bridgehead atoms. The fourth-order valence-electron chi connectivity index (χ4n) is 2.57. The third kappa shape index (κ3) is 7.65. The highest BCUT2D eigenvalue weighted by Crippen LogP contribution is 2.24. The molecular weight excluding hydrogens is 537 g/mol. The van der Waals surface area contributed by atoms with Crippen molar-refractivity contribution in [2.45, 2.75) is 44.4 Å². The third-order valence-corrected chi connectivity index (χ3v) is 5.75. The van der Waals surface area contributed by atoms with Gasteiger partial charge in [-0.05, 0) is 45.0 Å². The molecule has 0 aliphatic carbocycles. The lowest BCUT2D eigenvalue weighted by atomic mass is 10.2. The van der Waals surface area contributed by atoms with Gasteiger partial charge in [0.25, 0.3) is 0 Å². The molecule has 150 valence electrons. The van der Waals surface area contributed by atoms with Crippen LogP contribution >= 0.6 is 51.7 Å². The van der Waals surface area contributed by atoms with E-state index in [1.807, 2.05) is 30.4 Å². The van der Waals surface area contributed by atoms with Gasteiger partial charge in [0.05, 0.1) is 12.2 Å². The van der Waals surface area contributed by atoms with Crippen molar-refractivity contribution in [2.24, 2.45) is 12.0 Å². The second kappa shape index (κ2) is 12.0. The molecule has 2 rings (SSSR count). The smallest absolute Gasteiger partial charge is 0.191 e. The van der Waals surface area contributed by atoms with Crippen molar-refractivity contribution in [3.63, 3.8) is 0 Å². The molecule has 1 heterocycles. The average molecular weight is 566 g/mol. The van der Waals surface area contributed by atoms with E-state index in [-0.39, 0.29) is 24.0 Å². The number of aromatic nitrogens is 2. The van der Waals surface area contributed by atoms with Crippen LogP contribution in [-0.4, -0.2) is 34.1 Å². The van der Waals surface area contributed by atoms with Gasteiger partial charge in [-0.25, -0.2) is 4.99 Å². The maximum atomic E-state index is 4.73. The Morgan fingerprint density at radius 2 is 1.93 bits per heavy atom.